The van der Waals surface area contributed by atoms with E-state index >= 15 is 0 Å². The number of ether oxygens (including phenoxy) is 1. The number of hydrogen-bond acceptors (Lipinski definition) is 5. The Morgan fingerprint density at radius 2 is 1.73 bits per heavy atom. The highest BCUT2D eigenvalue weighted by Gasteiger charge is 2.36. The van der Waals surface area contributed by atoms with Gasteiger partial charge >= 0.3 is 11.9 Å². The summed E-state index contributed by atoms with van der Waals surface area (Å²) in [7, 11) is 0. The number of aryl methyl sites for hydroxylation is 1. The molecule has 6 nitrogen and oxygen atoms in total. The van der Waals surface area contributed by atoms with Crippen LogP contribution in [0.4, 0.5) is 5.00 Å². The molecule has 0 spiro atoms. The second kappa shape index (κ2) is 9.43. The zero-order valence-electron chi connectivity index (χ0n) is 17.4. The standard InChI is InChI=1S/C23H27NO5S/c1-13(2)29-23(28)19-18(15-10-8-14(3)9-11-15)12-30-21(19)24-20(25)16-6-4-5-7-17(16)22(26)27/h8-13,16-17H,4-7H2,1-3H3,(H,24,25)(H,26,27)/t16-,17-/m1/s1. The number of amides is 1. The lowest BCUT2D eigenvalue weighted by atomic mass is 9.79. The first-order valence-corrected chi connectivity index (χ1v) is 11.1. The van der Waals surface area contributed by atoms with Gasteiger partial charge in [0.15, 0.2) is 0 Å². The van der Waals surface area contributed by atoms with Gasteiger partial charge in [-0.15, -0.1) is 11.3 Å². The van der Waals surface area contributed by atoms with Crippen LogP contribution in [0.2, 0.25) is 0 Å². The Hall–Kier alpha value is -2.67. The van der Waals surface area contributed by atoms with Crippen LogP contribution < -0.4 is 5.32 Å². The molecule has 0 bridgehead atoms. The topological polar surface area (TPSA) is 92.7 Å². The number of aliphatic carboxylic acids is 1. The summed E-state index contributed by atoms with van der Waals surface area (Å²) in [5.74, 6) is -3.09. The van der Waals surface area contributed by atoms with Crippen molar-refractivity contribution in [1.82, 2.24) is 0 Å². The summed E-state index contributed by atoms with van der Waals surface area (Å²) in [4.78, 5) is 37.4. The van der Waals surface area contributed by atoms with Gasteiger partial charge < -0.3 is 15.2 Å². The maximum Gasteiger partial charge on any atom is 0.342 e. The van der Waals surface area contributed by atoms with Crippen LogP contribution in [-0.2, 0) is 14.3 Å². The van der Waals surface area contributed by atoms with Crippen molar-refractivity contribution in [2.75, 3.05) is 5.32 Å². The average Bonchev–Trinajstić information content (AvgIpc) is 3.11. The number of anilines is 1. The van der Waals surface area contributed by atoms with E-state index in [1.165, 1.54) is 11.3 Å². The van der Waals surface area contributed by atoms with Gasteiger partial charge in [-0.3, -0.25) is 9.59 Å². The molecule has 0 unspecified atom stereocenters. The van der Waals surface area contributed by atoms with Gasteiger partial charge in [0.05, 0.1) is 17.9 Å². The van der Waals surface area contributed by atoms with Crippen LogP contribution in [0.1, 0.15) is 55.5 Å². The zero-order valence-corrected chi connectivity index (χ0v) is 18.3. The Morgan fingerprint density at radius 1 is 1.10 bits per heavy atom. The first-order valence-electron chi connectivity index (χ1n) is 10.2. The van der Waals surface area contributed by atoms with E-state index in [9.17, 15) is 19.5 Å². The average molecular weight is 430 g/mol. The van der Waals surface area contributed by atoms with Gasteiger partial charge in [0.2, 0.25) is 5.91 Å². The Labute approximate surface area is 180 Å². The SMILES string of the molecule is Cc1ccc(-c2csc(NC(=O)[C@@H]3CCCC[C@H]3C(=O)O)c2C(=O)OC(C)C)cc1. The predicted octanol–water partition coefficient (Wildman–Crippen LogP) is 5.12. The van der Waals surface area contributed by atoms with E-state index in [4.69, 9.17) is 4.74 Å². The molecule has 7 heteroatoms. The molecule has 1 aromatic carbocycles. The summed E-state index contributed by atoms with van der Waals surface area (Å²) in [6.07, 6.45) is 2.35. The monoisotopic (exact) mass is 429 g/mol. The Bertz CT molecular complexity index is 932. The lowest BCUT2D eigenvalue weighted by molar-refractivity contribution is -0.147. The van der Waals surface area contributed by atoms with Gasteiger partial charge in [-0.25, -0.2) is 4.79 Å². The van der Waals surface area contributed by atoms with Crippen LogP contribution in [-0.4, -0.2) is 29.1 Å². The maximum absolute atomic E-state index is 12.9. The van der Waals surface area contributed by atoms with Crippen LogP contribution >= 0.6 is 11.3 Å². The second-order valence-corrected chi connectivity index (χ2v) is 8.88. The quantitative estimate of drug-likeness (QED) is 0.622. The normalized spacial score (nSPS) is 18.8. The molecule has 2 N–H and O–H groups in total. The van der Waals surface area contributed by atoms with Crippen molar-refractivity contribution < 1.29 is 24.2 Å². The fourth-order valence-electron chi connectivity index (χ4n) is 3.82. The van der Waals surface area contributed by atoms with Gasteiger partial charge in [0.1, 0.15) is 10.6 Å². The van der Waals surface area contributed by atoms with Gasteiger partial charge in [-0.05, 0) is 39.2 Å². The van der Waals surface area contributed by atoms with Gasteiger partial charge in [-0.2, -0.15) is 0 Å². The number of benzene rings is 1. The number of carbonyl (C=O) groups excluding carboxylic acids is 2. The molecule has 0 saturated heterocycles. The molecular formula is C23H27NO5S. The number of carboxylic acids is 1. The van der Waals surface area contributed by atoms with Crippen molar-refractivity contribution in [1.29, 1.82) is 0 Å². The molecule has 1 heterocycles. The third-order valence-corrected chi connectivity index (χ3v) is 6.25. The first-order chi connectivity index (χ1) is 14.3. The zero-order chi connectivity index (χ0) is 21.8. The van der Waals surface area contributed by atoms with Crippen LogP contribution in [0, 0.1) is 18.8 Å². The molecule has 3 rings (SSSR count). The maximum atomic E-state index is 12.9. The highest BCUT2D eigenvalue weighted by molar-refractivity contribution is 7.15. The molecule has 1 amide bonds. The minimum atomic E-state index is -0.944. The lowest BCUT2D eigenvalue weighted by Gasteiger charge is -2.27. The van der Waals surface area contributed by atoms with Gasteiger partial charge in [0, 0.05) is 10.9 Å². The van der Waals surface area contributed by atoms with E-state index < -0.39 is 23.8 Å². The van der Waals surface area contributed by atoms with Crippen LogP contribution in [0.5, 0.6) is 0 Å². The molecular weight excluding hydrogens is 402 g/mol. The number of rotatable bonds is 6. The molecule has 2 aromatic rings. The van der Waals surface area contributed by atoms with Crippen LogP contribution in [0.3, 0.4) is 0 Å². The number of carbonyl (C=O) groups is 3. The van der Waals surface area contributed by atoms with Crippen molar-refractivity contribution in [3.63, 3.8) is 0 Å². The fraction of sp³-hybridized carbons (Fsp3) is 0.435. The third kappa shape index (κ3) is 4.90. The number of thiophene rings is 1. The van der Waals surface area contributed by atoms with E-state index in [2.05, 4.69) is 5.32 Å². The Balaban J connectivity index is 1.93. The molecule has 0 radical (unpaired) electrons. The molecule has 0 aliphatic heterocycles. The van der Waals surface area contributed by atoms with Crippen molar-refractivity contribution >= 4 is 34.2 Å². The van der Waals surface area contributed by atoms with E-state index in [0.29, 0.717) is 29.0 Å². The highest BCUT2D eigenvalue weighted by atomic mass is 32.1. The van der Waals surface area contributed by atoms with Crippen molar-refractivity contribution in [2.24, 2.45) is 11.8 Å². The fourth-order valence-corrected chi connectivity index (χ4v) is 4.78. The van der Waals surface area contributed by atoms with Crippen molar-refractivity contribution in [2.45, 2.75) is 52.6 Å². The highest BCUT2D eigenvalue weighted by Crippen LogP contribution is 2.38. The molecule has 1 saturated carbocycles. The Morgan fingerprint density at radius 3 is 2.33 bits per heavy atom. The first kappa shape index (κ1) is 22.0. The minimum absolute atomic E-state index is 0.304. The summed E-state index contributed by atoms with van der Waals surface area (Å²) in [6.45, 7) is 5.53. The van der Waals surface area contributed by atoms with Crippen LogP contribution in [0.25, 0.3) is 11.1 Å². The summed E-state index contributed by atoms with van der Waals surface area (Å²) in [6, 6.07) is 7.78. The van der Waals surface area contributed by atoms with E-state index in [1.807, 2.05) is 36.6 Å². The number of carboxylic acid groups (broad SMARTS) is 1. The summed E-state index contributed by atoms with van der Waals surface area (Å²) in [5, 5.41) is 14.6. The molecule has 160 valence electrons. The van der Waals surface area contributed by atoms with Gasteiger partial charge in [-0.1, -0.05) is 42.7 Å². The van der Waals surface area contributed by atoms with E-state index in [-0.39, 0.29) is 12.0 Å². The van der Waals surface area contributed by atoms with Gasteiger partial charge in [0.25, 0.3) is 0 Å². The molecule has 1 aliphatic rings. The number of nitrogens with one attached hydrogen (secondary N) is 1. The van der Waals surface area contributed by atoms with E-state index in [1.54, 1.807) is 13.8 Å². The molecule has 1 fully saturated rings. The molecule has 1 aromatic heterocycles. The van der Waals surface area contributed by atoms with Crippen molar-refractivity contribution in [3.8, 4) is 11.1 Å². The molecule has 30 heavy (non-hydrogen) atoms. The number of hydrogen-bond donors (Lipinski definition) is 2. The van der Waals surface area contributed by atoms with E-state index in [0.717, 1.165) is 24.0 Å². The molecule has 2 atom stereocenters. The summed E-state index contributed by atoms with van der Waals surface area (Å²) < 4.78 is 5.43. The Kier molecular flexibility index (Phi) is 6.92. The smallest absolute Gasteiger partial charge is 0.342 e. The predicted molar refractivity (Wildman–Crippen MR) is 117 cm³/mol. The summed E-state index contributed by atoms with van der Waals surface area (Å²) in [5.41, 5.74) is 2.97. The number of esters is 1. The van der Waals surface area contributed by atoms with Crippen molar-refractivity contribution in [3.05, 3.63) is 40.8 Å². The third-order valence-electron chi connectivity index (χ3n) is 5.36. The largest absolute Gasteiger partial charge is 0.481 e. The lowest BCUT2D eigenvalue weighted by Crippen LogP contribution is -2.36. The molecule has 1 aliphatic carbocycles. The second-order valence-electron chi connectivity index (χ2n) is 8.00. The minimum Gasteiger partial charge on any atom is -0.481 e. The summed E-state index contributed by atoms with van der Waals surface area (Å²) >= 11 is 1.25. The van der Waals surface area contributed by atoms with Crippen LogP contribution in [0.15, 0.2) is 29.6 Å².